The molecule has 0 atom stereocenters. The lowest BCUT2D eigenvalue weighted by Crippen LogP contribution is -2.41. The monoisotopic (exact) mass is 382 g/mol. The molecule has 0 radical (unpaired) electrons. The summed E-state index contributed by atoms with van der Waals surface area (Å²) in [5, 5.41) is 2.84. The zero-order valence-corrected chi connectivity index (χ0v) is 16.4. The Morgan fingerprint density at radius 1 is 1.07 bits per heavy atom. The molecule has 1 fully saturated rings. The third-order valence-corrected chi connectivity index (χ3v) is 4.52. The summed E-state index contributed by atoms with van der Waals surface area (Å²) in [7, 11) is 0. The van der Waals surface area contributed by atoms with E-state index < -0.39 is 0 Å². The second-order valence-electron chi connectivity index (χ2n) is 6.92. The molecule has 2 amide bonds. The molecule has 148 valence electrons. The van der Waals surface area contributed by atoms with Crippen LogP contribution in [0.15, 0.2) is 42.5 Å². The molecule has 1 aliphatic rings. The van der Waals surface area contributed by atoms with Gasteiger partial charge in [-0.15, -0.1) is 0 Å². The smallest absolute Gasteiger partial charge is 0.256 e. The Morgan fingerprint density at radius 3 is 2.46 bits per heavy atom. The molecule has 28 heavy (non-hydrogen) atoms. The Labute approximate surface area is 165 Å². The highest BCUT2D eigenvalue weighted by molar-refractivity contribution is 6.03. The second kappa shape index (κ2) is 9.37. The number of amides is 2. The molecule has 2 aromatic rings. The Bertz CT molecular complexity index is 824. The van der Waals surface area contributed by atoms with Crippen LogP contribution in [0.1, 0.15) is 27.9 Å². The molecule has 0 spiro atoms. The van der Waals surface area contributed by atoms with Crippen molar-refractivity contribution in [2.75, 3.05) is 38.2 Å². The fraction of sp³-hybridized carbons (Fsp3) is 0.364. The maximum atomic E-state index is 12.8. The molecule has 6 heteroatoms. The topological polar surface area (TPSA) is 67.9 Å². The van der Waals surface area contributed by atoms with Gasteiger partial charge in [-0.2, -0.15) is 0 Å². The second-order valence-corrected chi connectivity index (χ2v) is 6.92. The van der Waals surface area contributed by atoms with Crippen LogP contribution >= 0.6 is 0 Å². The van der Waals surface area contributed by atoms with Gasteiger partial charge in [-0.25, -0.2) is 0 Å². The van der Waals surface area contributed by atoms with E-state index >= 15 is 0 Å². The number of nitrogens with zero attached hydrogens (tertiary/aromatic N) is 1. The zero-order chi connectivity index (χ0) is 19.9. The molecular weight excluding hydrogens is 356 g/mol. The van der Waals surface area contributed by atoms with Gasteiger partial charge in [0.15, 0.2) is 0 Å². The van der Waals surface area contributed by atoms with Crippen LogP contribution in [0.4, 0.5) is 5.69 Å². The minimum absolute atomic E-state index is 0.0920. The first-order valence-electron chi connectivity index (χ1n) is 9.50. The van der Waals surface area contributed by atoms with Crippen LogP contribution in [0, 0.1) is 13.8 Å². The van der Waals surface area contributed by atoms with E-state index in [1.807, 2.05) is 26.0 Å². The van der Waals surface area contributed by atoms with Gasteiger partial charge in [0.25, 0.3) is 5.91 Å². The Morgan fingerprint density at radius 2 is 1.75 bits per heavy atom. The van der Waals surface area contributed by atoms with Gasteiger partial charge < -0.3 is 19.7 Å². The molecule has 0 aromatic heterocycles. The van der Waals surface area contributed by atoms with E-state index in [4.69, 9.17) is 9.47 Å². The van der Waals surface area contributed by atoms with Gasteiger partial charge in [0.1, 0.15) is 5.75 Å². The molecular formula is C22H26N2O4. The van der Waals surface area contributed by atoms with Crippen molar-refractivity contribution in [1.29, 1.82) is 0 Å². The van der Waals surface area contributed by atoms with Crippen molar-refractivity contribution in [3.8, 4) is 5.75 Å². The number of hydrogen-bond acceptors (Lipinski definition) is 4. The van der Waals surface area contributed by atoms with Crippen molar-refractivity contribution in [3.05, 3.63) is 59.2 Å². The Kier molecular flexibility index (Phi) is 6.66. The summed E-state index contributed by atoms with van der Waals surface area (Å²) < 4.78 is 11.0. The number of rotatable bonds is 6. The number of hydrogen-bond donors (Lipinski definition) is 1. The summed E-state index contributed by atoms with van der Waals surface area (Å²) in [4.78, 5) is 26.9. The van der Waals surface area contributed by atoms with Gasteiger partial charge in [-0.05, 0) is 49.2 Å². The van der Waals surface area contributed by atoms with Crippen molar-refractivity contribution in [3.63, 3.8) is 0 Å². The van der Waals surface area contributed by atoms with E-state index in [2.05, 4.69) is 11.4 Å². The SMILES string of the molecule is Cc1cc(C)cc(OCCC(=O)Nc2ccccc2C(=O)N2CCOCC2)c1. The van der Waals surface area contributed by atoms with Crippen LogP contribution in [-0.4, -0.2) is 49.6 Å². The summed E-state index contributed by atoms with van der Waals surface area (Å²) in [6.45, 7) is 6.49. The lowest BCUT2D eigenvalue weighted by Gasteiger charge is -2.27. The molecule has 1 saturated heterocycles. The fourth-order valence-electron chi connectivity index (χ4n) is 3.21. The molecule has 0 bridgehead atoms. The average molecular weight is 382 g/mol. The maximum absolute atomic E-state index is 12.8. The van der Waals surface area contributed by atoms with Crippen molar-refractivity contribution < 1.29 is 19.1 Å². The number of aryl methyl sites for hydroxylation is 2. The van der Waals surface area contributed by atoms with Gasteiger partial charge >= 0.3 is 0 Å². The number of ether oxygens (including phenoxy) is 2. The van der Waals surface area contributed by atoms with Gasteiger partial charge in [-0.1, -0.05) is 18.2 Å². The van der Waals surface area contributed by atoms with Gasteiger partial charge in [0, 0.05) is 13.1 Å². The van der Waals surface area contributed by atoms with E-state index in [1.54, 1.807) is 29.2 Å². The first kappa shape index (κ1) is 19.9. The number of benzene rings is 2. The molecule has 0 unspecified atom stereocenters. The number of carbonyl (C=O) groups is 2. The van der Waals surface area contributed by atoms with Crippen LogP contribution < -0.4 is 10.1 Å². The van der Waals surface area contributed by atoms with Crippen LogP contribution in [0.2, 0.25) is 0 Å². The first-order valence-corrected chi connectivity index (χ1v) is 9.50. The third-order valence-electron chi connectivity index (χ3n) is 4.52. The van der Waals surface area contributed by atoms with E-state index in [0.29, 0.717) is 37.6 Å². The van der Waals surface area contributed by atoms with Crippen molar-refractivity contribution >= 4 is 17.5 Å². The predicted molar refractivity (Wildman–Crippen MR) is 108 cm³/mol. The highest BCUT2D eigenvalue weighted by Gasteiger charge is 2.21. The molecule has 2 aromatic carbocycles. The van der Waals surface area contributed by atoms with Crippen LogP contribution in [-0.2, 0) is 9.53 Å². The van der Waals surface area contributed by atoms with E-state index in [0.717, 1.165) is 16.9 Å². The predicted octanol–water partition coefficient (Wildman–Crippen LogP) is 3.18. The van der Waals surface area contributed by atoms with Crippen molar-refractivity contribution in [1.82, 2.24) is 4.90 Å². The minimum Gasteiger partial charge on any atom is -0.493 e. The van der Waals surface area contributed by atoms with E-state index in [-0.39, 0.29) is 24.8 Å². The number of morpholine rings is 1. The molecule has 1 aliphatic heterocycles. The van der Waals surface area contributed by atoms with Crippen LogP contribution in [0.3, 0.4) is 0 Å². The standard InChI is InChI=1S/C22H26N2O4/c1-16-13-17(2)15-18(14-16)28-10-7-21(25)23-20-6-4-3-5-19(20)22(26)24-8-11-27-12-9-24/h3-6,13-15H,7-12H2,1-2H3,(H,23,25). The highest BCUT2D eigenvalue weighted by Crippen LogP contribution is 2.19. The quantitative estimate of drug-likeness (QED) is 0.833. The fourth-order valence-corrected chi connectivity index (χ4v) is 3.21. The zero-order valence-electron chi connectivity index (χ0n) is 16.4. The minimum atomic E-state index is -0.188. The highest BCUT2D eigenvalue weighted by atomic mass is 16.5. The summed E-state index contributed by atoms with van der Waals surface area (Å²) >= 11 is 0. The molecule has 1 N–H and O–H groups in total. The van der Waals surface area contributed by atoms with E-state index in [1.165, 1.54) is 0 Å². The van der Waals surface area contributed by atoms with Crippen molar-refractivity contribution in [2.24, 2.45) is 0 Å². The number of para-hydroxylation sites is 1. The first-order chi connectivity index (χ1) is 13.5. The lowest BCUT2D eigenvalue weighted by molar-refractivity contribution is -0.116. The van der Waals surface area contributed by atoms with E-state index in [9.17, 15) is 9.59 Å². The van der Waals surface area contributed by atoms with Gasteiger partial charge in [0.2, 0.25) is 5.91 Å². The maximum Gasteiger partial charge on any atom is 0.256 e. The Balaban J connectivity index is 1.57. The summed E-state index contributed by atoms with van der Waals surface area (Å²) in [6, 6.07) is 13.0. The largest absolute Gasteiger partial charge is 0.493 e. The normalized spacial score (nSPS) is 13.9. The number of carbonyl (C=O) groups excluding carboxylic acids is 2. The Hall–Kier alpha value is -2.86. The number of nitrogens with one attached hydrogen (secondary N) is 1. The summed E-state index contributed by atoms with van der Waals surface area (Å²) in [5.41, 5.74) is 3.26. The lowest BCUT2D eigenvalue weighted by atomic mass is 10.1. The van der Waals surface area contributed by atoms with Crippen LogP contribution in [0.5, 0.6) is 5.75 Å². The summed E-state index contributed by atoms with van der Waals surface area (Å²) in [5.74, 6) is 0.477. The number of anilines is 1. The van der Waals surface area contributed by atoms with Crippen molar-refractivity contribution in [2.45, 2.75) is 20.3 Å². The van der Waals surface area contributed by atoms with Gasteiger partial charge in [-0.3, -0.25) is 9.59 Å². The molecule has 0 saturated carbocycles. The third kappa shape index (κ3) is 5.33. The molecule has 1 heterocycles. The molecule has 0 aliphatic carbocycles. The molecule has 6 nitrogen and oxygen atoms in total. The molecule has 3 rings (SSSR count). The van der Waals surface area contributed by atoms with Gasteiger partial charge in [0.05, 0.1) is 37.5 Å². The summed E-state index contributed by atoms with van der Waals surface area (Å²) in [6.07, 6.45) is 0.201. The van der Waals surface area contributed by atoms with Crippen LogP contribution in [0.25, 0.3) is 0 Å². The average Bonchev–Trinajstić information content (AvgIpc) is 2.68.